The highest BCUT2D eigenvalue weighted by Crippen LogP contribution is 2.11. The highest BCUT2D eigenvalue weighted by atomic mass is 16.2. The first kappa shape index (κ1) is 10.1. The van der Waals surface area contributed by atoms with Crippen LogP contribution in [0.1, 0.15) is 19.8 Å². The third-order valence-electron chi connectivity index (χ3n) is 2.48. The van der Waals surface area contributed by atoms with Crippen LogP contribution in [0.4, 0.5) is 0 Å². The van der Waals surface area contributed by atoms with Gasteiger partial charge in [-0.15, -0.1) is 0 Å². The van der Waals surface area contributed by atoms with Gasteiger partial charge in [-0.1, -0.05) is 19.9 Å². The van der Waals surface area contributed by atoms with E-state index in [4.69, 9.17) is 0 Å². The summed E-state index contributed by atoms with van der Waals surface area (Å²) < 4.78 is 0. The molecule has 1 saturated heterocycles. The zero-order valence-electron chi connectivity index (χ0n) is 8.55. The standard InChI is InChI=1S/C10H18N2O/c1-4-5-6-12-8-7-11(3)9(2)10(12)13/h2,4-8H2,1,3H3. The molecule has 1 fully saturated rings. The molecule has 3 heteroatoms. The van der Waals surface area contributed by atoms with E-state index in [1.807, 2.05) is 16.8 Å². The lowest BCUT2D eigenvalue weighted by Crippen LogP contribution is -2.47. The number of unbranched alkanes of at least 4 members (excludes halogenated alkanes) is 1. The molecule has 0 atom stereocenters. The van der Waals surface area contributed by atoms with Crippen LogP contribution in [0, 0.1) is 0 Å². The van der Waals surface area contributed by atoms with Crippen LogP contribution in [0.2, 0.25) is 0 Å². The first-order chi connectivity index (χ1) is 6.16. The van der Waals surface area contributed by atoms with Gasteiger partial charge in [0.2, 0.25) is 0 Å². The lowest BCUT2D eigenvalue weighted by Gasteiger charge is -2.34. The van der Waals surface area contributed by atoms with E-state index >= 15 is 0 Å². The van der Waals surface area contributed by atoms with E-state index < -0.39 is 0 Å². The van der Waals surface area contributed by atoms with Crippen LogP contribution < -0.4 is 0 Å². The van der Waals surface area contributed by atoms with Crippen molar-refractivity contribution in [3.05, 3.63) is 12.3 Å². The second kappa shape index (κ2) is 4.30. The van der Waals surface area contributed by atoms with Crippen LogP contribution in [-0.4, -0.2) is 42.4 Å². The average molecular weight is 182 g/mol. The summed E-state index contributed by atoms with van der Waals surface area (Å²) in [6.45, 7) is 8.53. The molecule has 0 unspecified atom stereocenters. The highest BCUT2D eigenvalue weighted by Gasteiger charge is 2.24. The summed E-state index contributed by atoms with van der Waals surface area (Å²) >= 11 is 0. The Kier molecular flexibility index (Phi) is 3.34. The second-order valence-corrected chi connectivity index (χ2v) is 3.51. The summed E-state index contributed by atoms with van der Waals surface area (Å²) in [6.07, 6.45) is 2.22. The Morgan fingerprint density at radius 1 is 1.46 bits per heavy atom. The van der Waals surface area contributed by atoms with Crippen molar-refractivity contribution >= 4 is 5.91 Å². The van der Waals surface area contributed by atoms with Crippen LogP contribution in [0.3, 0.4) is 0 Å². The predicted octanol–water partition coefficient (Wildman–Crippen LogP) is 1.07. The molecule has 0 aromatic rings. The fraction of sp³-hybridized carbons (Fsp3) is 0.700. The lowest BCUT2D eigenvalue weighted by molar-refractivity contribution is -0.131. The lowest BCUT2D eigenvalue weighted by atomic mass is 10.2. The minimum Gasteiger partial charge on any atom is -0.369 e. The largest absolute Gasteiger partial charge is 0.369 e. The summed E-state index contributed by atoms with van der Waals surface area (Å²) in [4.78, 5) is 15.4. The van der Waals surface area contributed by atoms with Crippen molar-refractivity contribution in [2.45, 2.75) is 19.8 Å². The van der Waals surface area contributed by atoms with Crippen molar-refractivity contribution in [3.63, 3.8) is 0 Å². The Balaban J connectivity index is 2.49. The topological polar surface area (TPSA) is 23.6 Å². The van der Waals surface area contributed by atoms with Gasteiger partial charge in [0, 0.05) is 26.7 Å². The molecular weight excluding hydrogens is 164 g/mol. The van der Waals surface area contributed by atoms with Crippen LogP contribution in [0.25, 0.3) is 0 Å². The van der Waals surface area contributed by atoms with E-state index in [0.717, 1.165) is 32.5 Å². The van der Waals surface area contributed by atoms with E-state index in [1.54, 1.807) is 0 Å². The number of likely N-dealkylation sites (N-methyl/N-ethyl adjacent to an activating group) is 1. The molecule has 0 bridgehead atoms. The molecule has 1 heterocycles. The van der Waals surface area contributed by atoms with Crippen molar-refractivity contribution < 1.29 is 4.79 Å². The zero-order chi connectivity index (χ0) is 9.84. The molecule has 1 aliphatic heterocycles. The van der Waals surface area contributed by atoms with Crippen LogP contribution in [0.5, 0.6) is 0 Å². The molecule has 1 rings (SSSR count). The van der Waals surface area contributed by atoms with Crippen LogP contribution in [-0.2, 0) is 4.79 Å². The SMILES string of the molecule is C=C1C(=O)N(CCCC)CCN1C. The molecule has 3 nitrogen and oxygen atoms in total. The average Bonchev–Trinajstić information content (AvgIpc) is 2.13. The third kappa shape index (κ3) is 2.23. The number of carbonyl (C=O) groups is 1. The Labute approximate surface area is 80.0 Å². The molecule has 0 aromatic carbocycles. The van der Waals surface area contributed by atoms with Gasteiger partial charge in [-0.2, -0.15) is 0 Å². The second-order valence-electron chi connectivity index (χ2n) is 3.51. The Morgan fingerprint density at radius 3 is 2.77 bits per heavy atom. The smallest absolute Gasteiger partial charge is 0.269 e. The highest BCUT2D eigenvalue weighted by molar-refractivity contribution is 5.92. The molecule has 0 aromatic heterocycles. The summed E-state index contributed by atoms with van der Waals surface area (Å²) in [5, 5.41) is 0. The summed E-state index contributed by atoms with van der Waals surface area (Å²) in [5.41, 5.74) is 0.627. The first-order valence-electron chi connectivity index (χ1n) is 4.86. The molecule has 1 amide bonds. The number of carbonyl (C=O) groups excluding carboxylic acids is 1. The van der Waals surface area contributed by atoms with Gasteiger partial charge in [-0.3, -0.25) is 4.79 Å². The molecule has 0 aliphatic carbocycles. The maximum absolute atomic E-state index is 11.6. The van der Waals surface area contributed by atoms with E-state index in [-0.39, 0.29) is 5.91 Å². The molecule has 0 radical (unpaired) electrons. The minimum atomic E-state index is 0.0993. The van der Waals surface area contributed by atoms with Crippen molar-refractivity contribution in [1.29, 1.82) is 0 Å². The molecule has 0 spiro atoms. The summed E-state index contributed by atoms with van der Waals surface area (Å²) in [7, 11) is 1.91. The van der Waals surface area contributed by atoms with Gasteiger partial charge in [0.1, 0.15) is 0 Å². The molecule has 0 N–H and O–H groups in total. The summed E-state index contributed by atoms with van der Waals surface area (Å²) in [6, 6.07) is 0. The van der Waals surface area contributed by atoms with Gasteiger partial charge >= 0.3 is 0 Å². The van der Waals surface area contributed by atoms with Gasteiger partial charge in [-0.25, -0.2) is 0 Å². The molecule has 74 valence electrons. The van der Waals surface area contributed by atoms with Gasteiger partial charge in [-0.05, 0) is 6.42 Å². The summed E-state index contributed by atoms with van der Waals surface area (Å²) in [5.74, 6) is 0.0993. The fourth-order valence-corrected chi connectivity index (χ4v) is 1.42. The van der Waals surface area contributed by atoms with E-state index in [9.17, 15) is 4.79 Å². The molecule has 0 saturated carbocycles. The number of amides is 1. The van der Waals surface area contributed by atoms with Crippen LogP contribution in [0.15, 0.2) is 12.3 Å². The van der Waals surface area contributed by atoms with E-state index in [0.29, 0.717) is 5.70 Å². The van der Waals surface area contributed by atoms with Crippen molar-refractivity contribution in [2.24, 2.45) is 0 Å². The maximum atomic E-state index is 11.6. The number of piperazine rings is 1. The number of nitrogens with zero attached hydrogens (tertiary/aromatic N) is 2. The van der Waals surface area contributed by atoms with Crippen LogP contribution >= 0.6 is 0 Å². The minimum absolute atomic E-state index is 0.0993. The fourth-order valence-electron chi connectivity index (χ4n) is 1.42. The van der Waals surface area contributed by atoms with E-state index in [1.165, 1.54) is 0 Å². The van der Waals surface area contributed by atoms with Crippen molar-refractivity contribution in [1.82, 2.24) is 9.80 Å². The van der Waals surface area contributed by atoms with Crippen molar-refractivity contribution in [3.8, 4) is 0 Å². The quantitative estimate of drug-likeness (QED) is 0.610. The number of hydrogen-bond acceptors (Lipinski definition) is 2. The molecular formula is C10H18N2O. The number of rotatable bonds is 3. The maximum Gasteiger partial charge on any atom is 0.269 e. The molecule has 13 heavy (non-hydrogen) atoms. The Bertz CT molecular complexity index is 211. The monoisotopic (exact) mass is 182 g/mol. The van der Waals surface area contributed by atoms with Gasteiger partial charge in [0.25, 0.3) is 5.91 Å². The van der Waals surface area contributed by atoms with Gasteiger partial charge < -0.3 is 9.80 Å². The van der Waals surface area contributed by atoms with Gasteiger partial charge in [0.05, 0.1) is 5.70 Å². The predicted molar refractivity (Wildman–Crippen MR) is 53.3 cm³/mol. The molecule has 1 aliphatic rings. The number of hydrogen-bond donors (Lipinski definition) is 0. The Hall–Kier alpha value is -0.990. The van der Waals surface area contributed by atoms with E-state index in [2.05, 4.69) is 13.5 Å². The zero-order valence-corrected chi connectivity index (χ0v) is 8.55. The third-order valence-corrected chi connectivity index (χ3v) is 2.48. The Morgan fingerprint density at radius 2 is 2.15 bits per heavy atom. The van der Waals surface area contributed by atoms with Gasteiger partial charge in [0.15, 0.2) is 0 Å². The first-order valence-corrected chi connectivity index (χ1v) is 4.86. The van der Waals surface area contributed by atoms with Crippen molar-refractivity contribution in [2.75, 3.05) is 26.7 Å². The normalized spacial score (nSPS) is 18.3.